The maximum atomic E-state index is 15.3. The molecule has 0 saturated carbocycles. The lowest BCUT2D eigenvalue weighted by Gasteiger charge is -2.45. The first-order chi connectivity index (χ1) is 17.0. The highest BCUT2D eigenvalue weighted by molar-refractivity contribution is 6.23. The minimum Gasteiger partial charge on any atom is -0.352 e. The van der Waals surface area contributed by atoms with Gasteiger partial charge in [0.2, 0.25) is 0 Å². The fourth-order valence-electron chi connectivity index (χ4n) is 6.72. The third-order valence-corrected chi connectivity index (χ3v) is 8.03. The summed E-state index contributed by atoms with van der Waals surface area (Å²) in [7, 11) is 0. The number of carbonyl (C=O) groups excluding carboxylic acids is 3. The van der Waals surface area contributed by atoms with Crippen molar-refractivity contribution in [2.24, 2.45) is 10.8 Å². The number of ketones is 2. The van der Waals surface area contributed by atoms with Crippen LogP contribution < -0.4 is 10.2 Å². The monoisotopic (exact) mass is 484 g/mol. The van der Waals surface area contributed by atoms with Gasteiger partial charge in [-0.3, -0.25) is 19.3 Å². The Bertz CT molecular complexity index is 1450. The molecule has 2 aromatic carbocycles. The van der Waals surface area contributed by atoms with Crippen molar-refractivity contribution in [1.29, 1.82) is 0 Å². The quantitative estimate of drug-likeness (QED) is 0.554. The van der Waals surface area contributed by atoms with Crippen LogP contribution >= 0.6 is 0 Å². The fraction of sp³-hybridized carbons (Fsp3) is 0.367. The van der Waals surface area contributed by atoms with Crippen molar-refractivity contribution in [3.8, 4) is 0 Å². The Morgan fingerprint density at radius 1 is 0.806 bits per heavy atom. The van der Waals surface area contributed by atoms with Crippen LogP contribution in [0.25, 0.3) is 0 Å². The number of allylic oxidation sites excluding steroid dienone is 2. The summed E-state index contributed by atoms with van der Waals surface area (Å²) < 4.78 is 15.3. The lowest BCUT2D eigenvalue weighted by molar-refractivity contribution is -0.124. The topological polar surface area (TPSA) is 66.5 Å². The third kappa shape index (κ3) is 2.96. The second kappa shape index (κ2) is 7.25. The van der Waals surface area contributed by atoms with Crippen LogP contribution in [0.2, 0.25) is 0 Å². The van der Waals surface area contributed by atoms with Gasteiger partial charge in [-0.1, -0.05) is 58.0 Å². The minimum atomic E-state index is -1.46. The lowest BCUT2D eigenvalue weighted by atomic mass is 9.57. The van der Waals surface area contributed by atoms with Crippen molar-refractivity contribution < 1.29 is 18.8 Å². The largest absolute Gasteiger partial charge is 0.352 e. The number of hydrogen-bond acceptors (Lipinski definition) is 4. The van der Waals surface area contributed by atoms with Crippen LogP contribution in [0.5, 0.6) is 0 Å². The number of carbonyl (C=O) groups is 3. The lowest BCUT2D eigenvalue weighted by Crippen LogP contribution is -2.50. The van der Waals surface area contributed by atoms with Gasteiger partial charge in [0.1, 0.15) is 11.2 Å². The molecule has 5 nitrogen and oxygen atoms in total. The molecule has 4 aliphatic rings. The standard InChI is InChI=1S/C30H29FN2O3/c1-28(2)13-18-26(24(35)16-28)32-20-11-7-5-9-17(20)30(18)25-22(14-29(3,4)15-23(25)34)33(27(30)36)21-12-8-6-10-19(21)31/h5-12,32H,13-16H2,1-4H3. The van der Waals surface area contributed by atoms with Crippen LogP contribution in [0.1, 0.15) is 58.9 Å². The van der Waals surface area contributed by atoms with E-state index in [-0.39, 0.29) is 35.0 Å². The number of fused-ring (bicyclic) bond motifs is 4. The zero-order valence-corrected chi connectivity index (χ0v) is 21.0. The van der Waals surface area contributed by atoms with Crippen LogP contribution in [0.3, 0.4) is 0 Å². The summed E-state index contributed by atoms with van der Waals surface area (Å²) >= 11 is 0. The van der Waals surface area contributed by atoms with E-state index in [1.807, 2.05) is 52.0 Å². The predicted molar refractivity (Wildman–Crippen MR) is 136 cm³/mol. The predicted octanol–water partition coefficient (Wildman–Crippen LogP) is 5.82. The van der Waals surface area contributed by atoms with Crippen LogP contribution in [0, 0.1) is 16.6 Å². The summed E-state index contributed by atoms with van der Waals surface area (Å²) in [6.45, 7) is 8.02. The van der Waals surface area contributed by atoms with Gasteiger partial charge in [-0.2, -0.15) is 0 Å². The second-order valence-corrected chi connectivity index (χ2v) is 12.1. The Hall–Kier alpha value is -3.54. The maximum Gasteiger partial charge on any atom is 0.251 e. The van der Waals surface area contributed by atoms with Crippen LogP contribution in [0.15, 0.2) is 71.1 Å². The van der Waals surface area contributed by atoms with Gasteiger partial charge < -0.3 is 5.32 Å². The first-order valence-electron chi connectivity index (χ1n) is 12.5. The molecule has 1 amide bonds. The molecule has 6 heteroatoms. The molecule has 2 aliphatic heterocycles. The molecule has 184 valence electrons. The van der Waals surface area contributed by atoms with Gasteiger partial charge in [-0.15, -0.1) is 0 Å². The van der Waals surface area contributed by atoms with E-state index in [1.54, 1.807) is 18.2 Å². The summed E-state index contributed by atoms with van der Waals surface area (Å²) in [5.74, 6) is -1.09. The number of rotatable bonds is 1. The van der Waals surface area contributed by atoms with E-state index in [1.165, 1.54) is 11.0 Å². The van der Waals surface area contributed by atoms with Gasteiger partial charge in [0.25, 0.3) is 5.91 Å². The van der Waals surface area contributed by atoms with Gasteiger partial charge in [0.15, 0.2) is 11.6 Å². The van der Waals surface area contributed by atoms with Crippen molar-refractivity contribution in [3.63, 3.8) is 0 Å². The number of para-hydroxylation sites is 2. The summed E-state index contributed by atoms with van der Waals surface area (Å²) in [6.07, 6.45) is 1.54. The van der Waals surface area contributed by atoms with Gasteiger partial charge in [0.05, 0.1) is 11.4 Å². The summed E-state index contributed by atoms with van der Waals surface area (Å²) in [5, 5.41) is 3.30. The average molecular weight is 485 g/mol. The van der Waals surface area contributed by atoms with E-state index in [9.17, 15) is 14.4 Å². The van der Waals surface area contributed by atoms with Crippen molar-refractivity contribution in [2.45, 2.75) is 58.8 Å². The number of nitrogens with one attached hydrogen (secondary N) is 1. The van der Waals surface area contributed by atoms with E-state index in [2.05, 4.69) is 5.32 Å². The number of halogens is 1. The van der Waals surface area contributed by atoms with Crippen LogP contribution in [-0.4, -0.2) is 17.5 Å². The fourth-order valence-corrected chi connectivity index (χ4v) is 6.72. The number of benzene rings is 2. The van der Waals surface area contributed by atoms with Crippen molar-refractivity contribution >= 4 is 28.8 Å². The van der Waals surface area contributed by atoms with Gasteiger partial charge in [-0.25, -0.2) is 4.39 Å². The molecular weight excluding hydrogens is 455 g/mol. The van der Waals surface area contributed by atoms with Gasteiger partial charge in [-0.05, 0) is 53.0 Å². The van der Waals surface area contributed by atoms with E-state index in [4.69, 9.17) is 0 Å². The van der Waals surface area contributed by atoms with Crippen LogP contribution in [-0.2, 0) is 19.8 Å². The Morgan fingerprint density at radius 2 is 1.44 bits per heavy atom. The number of hydrogen-bond donors (Lipinski definition) is 1. The van der Waals surface area contributed by atoms with E-state index >= 15 is 4.39 Å². The molecule has 36 heavy (non-hydrogen) atoms. The highest BCUT2D eigenvalue weighted by Gasteiger charge is 2.64. The molecule has 0 fully saturated rings. The number of anilines is 2. The highest BCUT2D eigenvalue weighted by Crippen LogP contribution is 2.61. The average Bonchev–Trinajstić information content (AvgIpc) is 3.03. The second-order valence-electron chi connectivity index (χ2n) is 12.1. The smallest absolute Gasteiger partial charge is 0.251 e. The van der Waals surface area contributed by atoms with Crippen molar-refractivity contribution in [1.82, 2.24) is 0 Å². The molecule has 0 bridgehead atoms. The van der Waals surface area contributed by atoms with Gasteiger partial charge in [0, 0.05) is 29.8 Å². The maximum absolute atomic E-state index is 15.3. The van der Waals surface area contributed by atoms with E-state index in [0.717, 1.165) is 0 Å². The molecule has 0 aromatic heterocycles. The Morgan fingerprint density at radius 3 is 2.19 bits per heavy atom. The first kappa shape index (κ1) is 22.9. The Balaban J connectivity index is 1.74. The zero-order chi connectivity index (χ0) is 25.6. The number of amides is 1. The molecule has 0 saturated heterocycles. The Labute approximate surface area is 210 Å². The molecule has 1 atom stereocenters. The van der Waals surface area contributed by atoms with Crippen LogP contribution in [0.4, 0.5) is 15.8 Å². The van der Waals surface area contributed by atoms with Crippen molar-refractivity contribution in [3.05, 3.63) is 82.5 Å². The normalized spacial score (nSPS) is 26.1. The van der Waals surface area contributed by atoms with E-state index in [0.29, 0.717) is 53.1 Å². The number of nitrogens with zero attached hydrogens (tertiary/aromatic N) is 1. The Kier molecular flexibility index (Phi) is 4.61. The summed E-state index contributed by atoms with van der Waals surface area (Å²) in [6, 6.07) is 13.6. The van der Waals surface area contributed by atoms with E-state index < -0.39 is 16.6 Å². The molecule has 1 N–H and O–H groups in total. The highest BCUT2D eigenvalue weighted by atomic mass is 19.1. The third-order valence-electron chi connectivity index (χ3n) is 8.03. The van der Waals surface area contributed by atoms with Crippen molar-refractivity contribution in [2.75, 3.05) is 10.2 Å². The molecule has 2 aliphatic carbocycles. The summed E-state index contributed by atoms with van der Waals surface area (Å²) in [4.78, 5) is 43.8. The minimum absolute atomic E-state index is 0.0713. The molecule has 2 heterocycles. The first-order valence-corrected chi connectivity index (χ1v) is 12.5. The molecule has 2 aromatic rings. The molecule has 0 radical (unpaired) electrons. The SMILES string of the molecule is CC1(C)CC(=O)C2=C(C1)N(c1ccccc1F)C(=O)C21C2=C(Nc3ccccc31)C(=O)CC(C)(C)C2. The molecular formula is C30H29FN2O3. The molecule has 6 rings (SSSR count). The van der Waals surface area contributed by atoms with Gasteiger partial charge >= 0.3 is 0 Å². The number of Topliss-reactive ketones (excluding diaryl/α,β-unsaturated/α-hetero) is 2. The zero-order valence-electron chi connectivity index (χ0n) is 21.0. The summed E-state index contributed by atoms with van der Waals surface area (Å²) in [5.41, 5.74) is 1.17. The molecule has 1 unspecified atom stereocenters. The molecule has 1 spiro atoms.